The largest absolute Gasteiger partial charge is 0.497 e. The molecule has 190 valence electrons. The Morgan fingerprint density at radius 1 is 1.14 bits per heavy atom. The average Bonchev–Trinajstić information content (AvgIpc) is 3.48. The molecule has 0 aliphatic heterocycles. The first-order valence-corrected chi connectivity index (χ1v) is 12.5. The molecule has 0 radical (unpaired) electrons. The fraction of sp³-hybridized carbons (Fsp3) is 0.360. The van der Waals surface area contributed by atoms with Gasteiger partial charge in [-0.25, -0.2) is 0 Å². The van der Waals surface area contributed by atoms with E-state index >= 15 is 0 Å². The van der Waals surface area contributed by atoms with Gasteiger partial charge in [-0.1, -0.05) is 19.3 Å². The van der Waals surface area contributed by atoms with Gasteiger partial charge >= 0.3 is 0 Å². The second kappa shape index (κ2) is 10.8. The third kappa shape index (κ3) is 5.20. The summed E-state index contributed by atoms with van der Waals surface area (Å²) in [6.07, 6.45) is 4.94. The lowest BCUT2D eigenvalue weighted by Gasteiger charge is -2.32. The zero-order chi connectivity index (χ0) is 25.8. The Morgan fingerprint density at radius 2 is 1.83 bits per heavy atom. The number of aromatic nitrogens is 1. The van der Waals surface area contributed by atoms with Crippen molar-refractivity contribution in [2.75, 3.05) is 17.7 Å². The Balaban J connectivity index is 1.81. The van der Waals surface area contributed by atoms with Crippen LogP contribution in [-0.2, 0) is 4.79 Å². The summed E-state index contributed by atoms with van der Waals surface area (Å²) in [5.41, 5.74) is 11.5. The van der Waals surface area contributed by atoms with Gasteiger partial charge in [0.1, 0.15) is 22.1 Å². The predicted octanol–water partition coefficient (Wildman–Crippen LogP) is 3.57. The SMILES string of the molecule is COc1ccc(N(C(=O)c2snc(C(N)=O)c2N)[C@H](C(=O)NC2CCCCC2)c2ccc(C)o2)cc1. The Hall–Kier alpha value is -3.86. The van der Waals surface area contributed by atoms with Crippen molar-refractivity contribution < 1.29 is 23.5 Å². The van der Waals surface area contributed by atoms with Crippen LogP contribution in [0.15, 0.2) is 40.8 Å². The molecule has 1 saturated carbocycles. The van der Waals surface area contributed by atoms with Crippen molar-refractivity contribution in [2.45, 2.75) is 51.1 Å². The second-order valence-electron chi connectivity index (χ2n) is 8.71. The number of methoxy groups -OCH3 is 1. The van der Waals surface area contributed by atoms with Crippen LogP contribution >= 0.6 is 11.5 Å². The van der Waals surface area contributed by atoms with E-state index in [4.69, 9.17) is 20.6 Å². The number of nitrogens with one attached hydrogen (secondary N) is 1. The summed E-state index contributed by atoms with van der Waals surface area (Å²) in [7, 11) is 1.54. The first kappa shape index (κ1) is 25.2. The van der Waals surface area contributed by atoms with Crippen LogP contribution in [0.25, 0.3) is 0 Å². The third-order valence-corrected chi connectivity index (χ3v) is 7.06. The number of anilines is 2. The number of nitrogens with zero attached hydrogens (tertiary/aromatic N) is 2. The molecule has 2 heterocycles. The minimum absolute atomic E-state index is 0.00152. The van der Waals surface area contributed by atoms with E-state index in [0.29, 0.717) is 23.0 Å². The van der Waals surface area contributed by atoms with E-state index in [1.807, 2.05) is 0 Å². The number of ether oxygens (including phenoxy) is 1. The molecule has 0 bridgehead atoms. The Labute approximate surface area is 212 Å². The third-order valence-electron chi connectivity index (χ3n) is 6.21. The maximum Gasteiger partial charge on any atom is 0.273 e. The number of aryl methyl sites for hydroxylation is 1. The standard InChI is InChI=1S/C25H29N5O5S/c1-14-8-13-18(35-14)21(24(32)28-15-6-4-3-5-7-15)30(16-9-11-17(34-2)12-10-16)25(33)22-19(26)20(23(27)31)29-36-22/h8-13,15,21H,3-7,26H2,1-2H3,(H2,27,31)(H,28,32)/t21-/m0/s1. The van der Waals surface area contributed by atoms with Crippen molar-refractivity contribution >= 4 is 40.6 Å². The second-order valence-corrected chi connectivity index (χ2v) is 9.48. The molecular formula is C25H29N5O5S. The van der Waals surface area contributed by atoms with E-state index in [1.54, 1.807) is 43.3 Å². The summed E-state index contributed by atoms with van der Waals surface area (Å²) in [5.74, 6) is -0.359. The smallest absolute Gasteiger partial charge is 0.273 e. The van der Waals surface area contributed by atoms with E-state index < -0.39 is 17.9 Å². The van der Waals surface area contributed by atoms with Gasteiger partial charge in [-0.05, 0) is 67.7 Å². The highest BCUT2D eigenvalue weighted by Gasteiger charge is 2.38. The number of hydrogen-bond donors (Lipinski definition) is 3. The molecule has 1 aliphatic rings. The molecule has 1 fully saturated rings. The Morgan fingerprint density at radius 3 is 2.39 bits per heavy atom. The lowest BCUT2D eigenvalue weighted by Crippen LogP contribution is -2.47. The quantitative estimate of drug-likeness (QED) is 0.418. The van der Waals surface area contributed by atoms with Gasteiger partial charge in [0.2, 0.25) is 0 Å². The van der Waals surface area contributed by atoms with Gasteiger partial charge in [0, 0.05) is 11.7 Å². The summed E-state index contributed by atoms with van der Waals surface area (Å²) >= 11 is 0.754. The van der Waals surface area contributed by atoms with Crippen molar-refractivity contribution in [3.8, 4) is 5.75 Å². The molecule has 10 nitrogen and oxygen atoms in total. The highest BCUT2D eigenvalue weighted by Crippen LogP contribution is 2.35. The molecule has 0 saturated heterocycles. The van der Waals surface area contributed by atoms with Gasteiger partial charge in [-0.3, -0.25) is 19.3 Å². The highest BCUT2D eigenvalue weighted by molar-refractivity contribution is 7.09. The van der Waals surface area contributed by atoms with Crippen LogP contribution in [0.5, 0.6) is 5.75 Å². The number of amides is 3. The van der Waals surface area contributed by atoms with Crippen molar-refractivity contribution in [2.24, 2.45) is 5.73 Å². The van der Waals surface area contributed by atoms with E-state index in [0.717, 1.165) is 43.6 Å². The first-order chi connectivity index (χ1) is 17.3. The highest BCUT2D eigenvalue weighted by atomic mass is 32.1. The molecule has 4 rings (SSSR count). The molecule has 3 amide bonds. The van der Waals surface area contributed by atoms with Crippen molar-refractivity contribution in [1.82, 2.24) is 9.69 Å². The minimum atomic E-state index is -1.14. The number of carbonyl (C=O) groups is 3. The minimum Gasteiger partial charge on any atom is -0.497 e. The molecule has 1 aromatic carbocycles. The topological polar surface area (TPSA) is 154 Å². The number of hydrogen-bond acceptors (Lipinski definition) is 8. The van der Waals surface area contributed by atoms with Crippen LogP contribution in [0, 0.1) is 6.92 Å². The number of primary amides is 1. The van der Waals surface area contributed by atoms with Crippen LogP contribution in [0.1, 0.15) is 69.8 Å². The van der Waals surface area contributed by atoms with Crippen LogP contribution in [0.4, 0.5) is 11.4 Å². The van der Waals surface area contributed by atoms with Gasteiger partial charge in [0.15, 0.2) is 11.7 Å². The van der Waals surface area contributed by atoms with Crippen LogP contribution in [-0.4, -0.2) is 35.2 Å². The molecule has 2 aromatic heterocycles. The first-order valence-electron chi connectivity index (χ1n) is 11.7. The number of nitrogen functional groups attached to an aromatic ring is 1. The molecule has 36 heavy (non-hydrogen) atoms. The summed E-state index contributed by atoms with van der Waals surface area (Å²) in [5, 5.41) is 3.11. The zero-order valence-electron chi connectivity index (χ0n) is 20.2. The normalized spacial score (nSPS) is 14.7. The van der Waals surface area contributed by atoms with Crippen LogP contribution in [0.3, 0.4) is 0 Å². The van der Waals surface area contributed by atoms with Gasteiger partial charge < -0.3 is 25.9 Å². The fourth-order valence-electron chi connectivity index (χ4n) is 4.37. The van der Waals surface area contributed by atoms with Crippen LogP contribution in [0.2, 0.25) is 0 Å². The van der Waals surface area contributed by atoms with Crippen molar-refractivity contribution in [1.29, 1.82) is 0 Å². The van der Waals surface area contributed by atoms with E-state index in [1.165, 1.54) is 12.0 Å². The van der Waals surface area contributed by atoms with Crippen LogP contribution < -0.4 is 26.4 Å². The molecular weight excluding hydrogens is 482 g/mol. The van der Waals surface area contributed by atoms with E-state index in [2.05, 4.69) is 9.69 Å². The molecule has 11 heteroatoms. The van der Waals surface area contributed by atoms with E-state index in [9.17, 15) is 14.4 Å². The molecule has 1 atom stereocenters. The molecule has 0 unspecified atom stereocenters. The van der Waals surface area contributed by atoms with Gasteiger partial charge in [-0.15, -0.1) is 0 Å². The number of rotatable bonds is 8. The maximum atomic E-state index is 14.0. The summed E-state index contributed by atoms with van der Waals surface area (Å²) in [6.45, 7) is 1.76. The summed E-state index contributed by atoms with van der Waals surface area (Å²) in [6, 6.07) is 8.98. The molecule has 0 spiro atoms. The van der Waals surface area contributed by atoms with Gasteiger partial charge in [-0.2, -0.15) is 4.37 Å². The molecule has 3 aromatic rings. The summed E-state index contributed by atoms with van der Waals surface area (Å²) in [4.78, 5) is 40.8. The molecule has 1 aliphatic carbocycles. The van der Waals surface area contributed by atoms with E-state index in [-0.39, 0.29) is 28.2 Å². The van der Waals surface area contributed by atoms with Gasteiger partial charge in [0.25, 0.3) is 17.7 Å². The number of nitrogens with two attached hydrogens (primary N) is 2. The number of benzene rings is 1. The Bertz CT molecular complexity index is 1250. The predicted molar refractivity (Wildman–Crippen MR) is 136 cm³/mol. The zero-order valence-corrected chi connectivity index (χ0v) is 21.0. The molecule has 5 N–H and O–H groups in total. The Kier molecular flexibility index (Phi) is 7.58. The summed E-state index contributed by atoms with van der Waals surface area (Å²) < 4.78 is 15.1. The average molecular weight is 512 g/mol. The number of furan rings is 1. The lowest BCUT2D eigenvalue weighted by atomic mass is 9.95. The fourth-order valence-corrected chi connectivity index (χ4v) is 5.11. The van der Waals surface area contributed by atoms with Crippen molar-refractivity contribution in [3.63, 3.8) is 0 Å². The monoisotopic (exact) mass is 511 g/mol. The van der Waals surface area contributed by atoms with Gasteiger partial charge in [0.05, 0.1) is 12.8 Å². The maximum absolute atomic E-state index is 14.0. The number of carbonyl (C=O) groups excluding carboxylic acids is 3. The van der Waals surface area contributed by atoms with Crippen molar-refractivity contribution in [3.05, 3.63) is 58.5 Å². The lowest BCUT2D eigenvalue weighted by molar-refractivity contribution is -0.123.